The Kier molecular flexibility index (Phi) is 5.66. The van der Waals surface area contributed by atoms with Gasteiger partial charge in [-0.25, -0.2) is 15.4 Å². The van der Waals surface area contributed by atoms with Crippen LogP contribution >= 0.6 is 0 Å². The summed E-state index contributed by atoms with van der Waals surface area (Å²) in [6.45, 7) is 0. The number of para-hydroxylation sites is 1. The van der Waals surface area contributed by atoms with Crippen LogP contribution in [0.15, 0.2) is 90.0 Å². The van der Waals surface area contributed by atoms with Gasteiger partial charge in [0.05, 0.1) is 24.7 Å². The van der Waals surface area contributed by atoms with E-state index < -0.39 is 0 Å². The monoisotopic (exact) mass is 396 g/mol. The second-order valence-corrected chi connectivity index (χ2v) is 6.46. The average molecular weight is 396 g/mol. The third kappa shape index (κ3) is 4.28. The lowest BCUT2D eigenvalue weighted by atomic mass is 10.1. The molecule has 0 spiro atoms. The zero-order chi connectivity index (χ0) is 20.8. The summed E-state index contributed by atoms with van der Waals surface area (Å²) in [6.07, 6.45) is 1.50. The molecule has 0 amide bonds. The Balaban J connectivity index is 1.67. The van der Waals surface area contributed by atoms with E-state index >= 15 is 0 Å². The summed E-state index contributed by atoms with van der Waals surface area (Å²) >= 11 is 0. The Morgan fingerprint density at radius 2 is 1.43 bits per heavy atom. The van der Waals surface area contributed by atoms with Crippen molar-refractivity contribution in [3.8, 4) is 34.0 Å². The minimum Gasteiger partial charge on any atom is -0.504 e. The predicted molar refractivity (Wildman–Crippen MR) is 119 cm³/mol. The molecule has 2 N–H and O–H groups in total. The highest BCUT2D eigenvalue weighted by atomic mass is 16.5. The van der Waals surface area contributed by atoms with Gasteiger partial charge in [0, 0.05) is 16.7 Å². The molecule has 3 aromatic carbocycles. The first-order valence-electron chi connectivity index (χ1n) is 9.39. The van der Waals surface area contributed by atoms with Crippen molar-refractivity contribution in [3.63, 3.8) is 0 Å². The third-order valence-electron chi connectivity index (χ3n) is 4.48. The fraction of sp³-hybridized carbons (Fsp3) is 0.0417. The maximum absolute atomic E-state index is 10.2. The lowest BCUT2D eigenvalue weighted by Gasteiger charge is -2.08. The number of benzene rings is 3. The van der Waals surface area contributed by atoms with Gasteiger partial charge in [-0.1, -0.05) is 66.7 Å². The second-order valence-electron chi connectivity index (χ2n) is 6.46. The molecule has 6 heteroatoms. The molecule has 0 bridgehead atoms. The molecule has 0 aliphatic rings. The molecule has 0 aliphatic carbocycles. The maximum Gasteiger partial charge on any atom is 0.244 e. The summed E-state index contributed by atoms with van der Waals surface area (Å²) in [5.41, 5.74) is 6.92. The van der Waals surface area contributed by atoms with Crippen molar-refractivity contribution in [2.24, 2.45) is 5.10 Å². The number of hydrazone groups is 1. The van der Waals surface area contributed by atoms with Crippen LogP contribution in [0.5, 0.6) is 11.5 Å². The van der Waals surface area contributed by atoms with E-state index in [9.17, 15) is 5.11 Å². The number of nitrogens with one attached hydrogen (secondary N) is 1. The number of ether oxygens (including phenoxy) is 1. The number of rotatable bonds is 6. The van der Waals surface area contributed by atoms with E-state index in [0.717, 1.165) is 22.5 Å². The highest BCUT2D eigenvalue weighted by Crippen LogP contribution is 2.28. The van der Waals surface area contributed by atoms with Gasteiger partial charge in [0.15, 0.2) is 11.5 Å². The van der Waals surface area contributed by atoms with Crippen molar-refractivity contribution < 1.29 is 9.84 Å². The molecule has 0 saturated carbocycles. The number of phenolic OH excluding ortho intramolecular Hbond substituents is 1. The molecular weight excluding hydrogens is 376 g/mol. The fourth-order valence-corrected chi connectivity index (χ4v) is 2.98. The summed E-state index contributed by atoms with van der Waals surface area (Å²) < 4.78 is 5.12. The Hall–Kier alpha value is -4.19. The van der Waals surface area contributed by atoms with Gasteiger partial charge in [0.2, 0.25) is 5.95 Å². The topological polar surface area (TPSA) is 79.6 Å². The Bertz CT molecular complexity index is 1100. The summed E-state index contributed by atoms with van der Waals surface area (Å²) in [6, 6.07) is 26.9. The number of aromatic nitrogens is 2. The van der Waals surface area contributed by atoms with Crippen molar-refractivity contribution in [3.05, 3.63) is 90.5 Å². The predicted octanol–water partition coefficient (Wildman–Crippen LogP) is 4.97. The van der Waals surface area contributed by atoms with Gasteiger partial charge in [0.1, 0.15) is 0 Å². The second kappa shape index (κ2) is 8.87. The normalized spacial score (nSPS) is 10.8. The molecule has 0 aliphatic heterocycles. The van der Waals surface area contributed by atoms with E-state index in [1.54, 1.807) is 18.2 Å². The zero-order valence-electron chi connectivity index (χ0n) is 16.4. The van der Waals surface area contributed by atoms with Crippen LogP contribution in [-0.4, -0.2) is 28.4 Å². The SMILES string of the molecule is COc1cccc(/C=N\Nc2nc(-c3ccccc3)cc(-c3ccccc3)n2)c1O. The van der Waals surface area contributed by atoms with Crippen molar-refractivity contribution in [1.29, 1.82) is 0 Å². The highest BCUT2D eigenvalue weighted by molar-refractivity contribution is 5.85. The van der Waals surface area contributed by atoms with Crippen molar-refractivity contribution in [2.75, 3.05) is 12.5 Å². The molecular formula is C24H20N4O2. The number of methoxy groups -OCH3 is 1. The largest absolute Gasteiger partial charge is 0.504 e. The van der Waals surface area contributed by atoms with E-state index in [4.69, 9.17) is 4.74 Å². The Morgan fingerprint density at radius 1 is 0.833 bits per heavy atom. The van der Waals surface area contributed by atoms with Crippen molar-refractivity contribution in [1.82, 2.24) is 9.97 Å². The standard InChI is InChI=1S/C24H20N4O2/c1-30-22-14-8-13-19(23(22)29)16-25-28-24-26-20(17-9-4-2-5-10-17)15-21(27-24)18-11-6-3-7-12-18/h2-16,29H,1H3,(H,26,27,28)/b25-16-. The van der Waals surface area contributed by atoms with Crippen molar-refractivity contribution in [2.45, 2.75) is 0 Å². The van der Waals surface area contributed by atoms with Crippen LogP contribution in [0.25, 0.3) is 22.5 Å². The van der Waals surface area contributed by atoms with Gasteiger partial charge in [-0.3, -0.25) is 0 Å². The quantitative estimate of drug-likeness (QED) is 0.355. The van der Waals surface area contributed by atoms with Gasteiger partial charge >= 0.3 is 0 Å². The van der Waals surface area contributed by atoms with E-state index in [2.05, 4.69) is 20.5 Å². The van der Waals surface area contributed by atoms with Gasteiger partial charge in [-0.2, -0.15) is 5.10 Å². The van der Waals surface area contributed by atoms with E-state index in [0.29, 0.717) is 17.3 Å². The molecule has 4 rings (SSSR count). The molecule has 1 heterocycles. The molecule has 0 unspecified atom stereocenters. The first-order chi connectivity index (χ1) is 14.7. The van der Waals surface area contributed by atoms with Gasteiger partial charge < -0.3 is 9.84 Å². The van der Waals surface area contributed by atoms with Crippen LogP contribution in [0, 0.1) is 0 Å². The summed E-state index contributed by atoms with van der Waals surface area (Å²) in [7, 11) is 1.50. The van der Waals surface area contributed by atoms with Gasteiger partial charge in [-0.15, -0.1) is 0 Å². The van der Waals surface area contributed by atoms with E-state index in [1.165, 1.54) is 13.3 Å². The van der Waals surface area contributed by atoms with Crippen LogP contribution < -0.4 is 10.2 Å². The molecule has 6 nitrogen and oxygen atoms in total. The van der Waals surface area contributed by atoms with Crippen LogP contribution in [-0.2, 0) is 0 Å². The summed E-state index contributed by atoms with van der Waals surface area (Å²) in [5, 5.41) is 14.4. The van der Waals surface area contributed by atoms with E-state index in [-0.39, 0.29) is 5.75 Å². The van der Waals surface area contributed by atoms with Crippen molar-refractivity contribution >= 4 is 12.2 Å². The first kappa shape index (κ1) is 19.1. The molecule has 4 aromatic rings. The van der Waals surface area contributed by atoms with Gasteiger partial charge in [0.25, 0.3) is 0 Å². The maximum atomic E-state index is 10.2. The third-order valence-corrected chi connectivity index (χ3v) is 4.48. The highest BCUT2D eigenvalue weighted by Gasteiger charge is 2.09. The molecule has 1 aromatic heterocycles. The summed E-state index contributed by atoms with van der Waals surface area (Å²) in [4.78, 5) is 9.19. The molecule has 0 saturated heterocycles. The van der Waals surface area contributed by atoms with Crippen LogP contribution in [0.2, 0.25) is 0 Å². The molecule has 0 fully saturated rings. The number of hydrogen-bond donors (Lipinski definition) is 2. The first-order valence-corrected chi connectivity index (χ1v) is 9.39. The average Bonchev–Trinajstić information content (AvgIpc) is 2.81. The minimum atomic E-state index is 0.0227. The molecule has 0 atom stereocenters. The molecule has 148 valence electrons. The number of anilines is 1. The molecule has 30 heavy (non-hydrogen) atoms. The Morgan fingerprint density at radius 3 is 2.00 bits per heavy atom. The number of phenols is 1. The lowest BCUT2D eigenvalue weighted by molar-refractivity contribution is 0.373. The smallest absolute Gasteiger partial charge is 0.244 e. The van der Waals surface area contributed by atoms with Crippen LogP contribution in [0.4, 0.5) is 5.95 Å². The zero-order valence-corrected chi connectivity index (χ0v) is 16.4. The Labute approximate surface area is 174 Å². The van der Waals surface area contributed by atoms with Crippen LogP contribution in [0.1, 0.15) is 5.56 Å². The number of aromatic hydroxyl groups is 1. The summed E-state index contributed by atoms with van der Waals surface area (Å²) in [5.74, 6) is 0.760. The van der Waals surface area contributed by atoms with Crippen LogP contribution in [0.3, 0.4) is 0 Å². The number of hydrogen-bond acceptors (Lipinski definition) is 6. The van der Waals surface area contributed by atoms with E-state index in [1.807, 2.05) is 66.7 Å². The number of nitrogens with zero attached hydrogens (tertiary/aromatic N) is 3. The lowest BCUT2D eigenvalue weighted by Crippen LogP contribution is -2.00. The van der Waals surface area contributed by atoms with Gasteiger partial charge in [-0.05, 0) is 18.2 Å². The molecule has 0 radical (unpaired) electrons. The fourth-order valence-electron chi connectivity index (χ4n) is 2.98. The minimum absolute atomic E-state index is 0.0227.